The topological polar surface area (TPSA) is 272 Å². The van der Waals surface area contributed by atoms with E-state index in [1.165, 1.54) is 0 Å². The van der Waals surface area contributed by atoms with Gasteiger partial charge in [0.05, 0.1) is 25.4 Å². The number of unbranched alkanes of at least 4 members (excludes halogenated alkanes) is 25. The molecule has 0 amide bonds. The van der Waals surface area contributed by atoms with Crippen molar-refractivity contribution < 1.29 is 68.1 Å². The summed E-state index contributed by atoms with van der Waals surface area (Å²) in [6.07, 6.45) is 30.5. The summed E-state index contributed by atoms with van der Waals surface area (Å²) in [6.45, 7) is 5.14. The van der Waals surface area contributed by atoms with Gasteiger partial charge in [-0.1, -0.05) is 168 Å². The van der Waals surface area contributed by atoms with Crippen LogP contribution in [0.1, 0.15) is 271 Å². The summed E-state index contributed by atoms with van der Waals surface area (Å²) >= 11 is 0. The molecule has 72 heavy (non-hydrogen) atoms. The maximum absolute atomic E-state index is 12.3. The second-order valence-electron chi connectivity index (χ2n) is 20.2. The van der Waals surface area contributed by atoms with E-state index in [0.717, 1.165) is 193 Å². The normalized spacial score (nSPS) is 13.9. The van der Waals surface area contributed by atoms with E-state index in [1.54, 1.807) is 0 Å². The van der Waals surface area contributed by atoms with Gasteiger partial charge in [0.15, 0.2) is 0 Å². The van der Waals surface area contributed by atoms with E-state index in [-0.39, 0.29) is 37.6 Å². The number of carboxylic acid groups (broad SMARTS) is 2. The molecule has 0 saturated carbocycles. The fraction of sp³-hybridized carbons (Fsp3) is 0.893. The highest BCUT2D eigenvalue weighted by atomic mass is 16.6. The maximum Gasteiger partial charge on any atom is 0.320 e. The van der Waals surface area contributed by atoms with Crippen LogP contribution in [0.4, 0.5) is 0 Å². The van der Waals surface area contributed by atoms with Crippen LogP contribution in [0.3, 0.4) is 0 Å². The standard InChI is InChI=1S/C56H104N2O14/c1-3-5-25-33-47(59)50(72-54(64)42-40-46(58)56(67)68)36-28-20-14-8-10-16-22-30-38-52(62)70-44-32-24-18-12-11-17-23-31-43-69-51(61)37-29-21-15-9-7-13-19-27-34-48(60)49(35-26-6-4-2)71-53(63)41-39-45(57)55(65)66/h45-50,59-60H,3-44,57-58H2,1-2H3,(H,65,66)(H,67,68)/t45-,46+,47?,48?,49?,50?/m1/s1. The number of ether oxygens (including phenoxy) is 4. The molecule has 0 heterocycles. The molecule has 0 saturated heterocycles. The first-order valence-corrected chi connectivity index (χ1v) is 28.7. The highest BCUT2D eigenvalue weighted by Crippen LogP contribution is 2.21. The van der Waals surface area contributed by atoms with Crippen LogP contribution in [-0.4, -0.2) is 106 Å². The Balaban J connectivity index is 3.75. The zero-order chi connectivity index (χ0) is 53.5. The van der Waals surface area contributed by atoms with Gasteiger partial charge >= 0.3 is 35.8 Å². The van der Waals surface area contributed by atoms with Crippen molar-refractivity contribution in [2.24, 2.45) is 11.5 Å². The number of carbonyl (C=O) groups is 6. The van der Waals surface area contributed by atoms with Crippen LogP contribution in [0.2, 0.25) is 0 Å². The van der Waals surface area contributed by atoms with Crippen LogP contribution in [0.5, 0.6) is 0 Å². The Morgan fingerprint density at radius 3 is 0.958 bits per heavy atom. The number of carbonyl (C=O) groups excluding carboxylic acids is 4. The second-order valence-corrected chi connectivity index (χ2v) is 20.2. The third-order valence-corrected chi connectivity index (χ3v) is 13.4. The van der Waals surface area contributed by atoms with E-state index in [0.29, 0.717) is 51.7 Å². The fourth-order valence-electron chi connectivity index (χ4n) is 8.62. The van der Waals surface area contributed by atoms with Gasteiger partial charge < -0.3 is 50.8 Å². The van der Waals surface area contributed by atoms with E-state index in [2.05, 4.69) is 13.8 Å². The summed E-state index contributed by atoms with van der Waals surface area (Å²) in [5, 5.41) is 39.3. The number of esters is 4. The first kappa shape index (κ1) is 68.7. The molecule has 0 bridgehead atoms. The zero-order valence-electron chi connectivity index (χ0n) is 45.2. The summed E-state index contributed by atoms with van der Waals surface area (Å²) < 4.78 is 22.0. The number of aliphatic hydroxyl groups excluding tert-OH is 2. The molecular formula is C56H104N2O14. The predicted molar refractivity (Wildman–Crippen MR) is 281 cm³/mol. The molecule has 0 aliphatic heterocycles. The fourth-order valence-corrected chi connectivity index (χ4v) is 8.62. The molecule has 0 aromatic carbocycles. The average Bonchev–Trinajstić information content (AvgIpc) is 3.35. The van der Waals surface area contributed by atoms with Gasteiger partial charge in [0.2, 0.25) is 0 Å². The predicted octanol–water partition coefficient (Wildman–Crippen LogP) is 11.1. The van der Waals surface area contributed by atoms with Crippen molar-refractivity contribution in [3.05, 3.63) is 0 Å². The lowest BCUT2D eigenvalue weighted by Gasteiger charge is -2.23. The van der Waals surface area contributed by atoms with Gasteiger partial charge in [0.1, 0.15) is 24.3 Å². The second kappa shape index (κ2) is 48.6. The molecule has 0 rings (SSSR count). The first-order chi connectivity index (χ1) is 34.7. The lowest BCUT2D eigenvalue weighted by Crippen LogP contribution is -2.33. The Morgan fingerprint density at radius 2 is 0.625 bits per heavy atom. The van der Waals surface area contributed by atoms with Crippen molar-refractivity contribution >= 4 is 35.8 Å². The van der Waals surface area contributed by atoms with Crippen LogP contribution >= 0.6 is 0 Å². The third kappa shape index (κ3) is 43.1. The van der Waals surface area contributed by atoms with Crippen molar-refractivity contribution in [2.45, 2.75) is 307 Å². The van der Waals surface area contributed by atoms with Gasteiger partial charge in [-0.15, -0.1) is 0 Å². The number of aliphatic hydroxyl groups is 2. The summed E-state index contributed by atoms with van der Waals surface area (Å²) in [5.41, 5.74) is 11.0. The zero-order valence-corrected chi connectivity index (χ0v) is 45.2. The number of carboxylic acids is 2. The Morgan fingerprint density at radius 1 is 0.347 bits per heavy atom. The smallest absolute Gasteiger partial charge is 0.320 e. The Kier molecular flexibility index (Phi) is 46.3. The molecule has 0 radical (unpaired) electrons. The Hall–Kier alpha value is -3.34. The molecule has 422 valence electrons. The van der Waals surface area contributed by atoms with Crippen LogP contribution in [0.15, 0.2) is 0 Å². The lowest BCUT2D eigenvalue weighted by molar-refractivity contribution is -0.157. The SMILES string of the molecule is CCCCCC(O)C(CCCCCCCCCCC(=O)OCCCCCCCCCCOC(=O)CCCCCCCCCCC(O)C(CCCCC)OC(=O)CC[C@@H](N)C(=O)O)OC(=O)CC[C@H](N)C(=O)O. The summed E-state index contributed by atoms with van der Waals surface area (Å²) in [5.74, 6) is -3.57. The monoisotopic (exact) mass is 1030 g/mol. The van der Waals surface area contributed by atoms with Gasteiger partial charge in [-0.25, -0.2) is 0 Å². The van der Waals surface area contributed by atoms with Crippen LogP contribution < -0.4 is 11.5 Å². The van der Waals surface area contributed by atoms with E-state index in [9.17, 15) is 39.0 Å². The molecular weight excluding hydrogens is 925 g/mol. The van der Waals surface area contributed by atoms with E-state index >= 15 is 0 Å². The van der Waals surface area contributed by atoms with Crippen molar-refractivity contribution in [3.8, 4) is 0 Å². The molecule has 0 aromatic rings. The minimum absolute atomic E-state index is 0.000723. The Labute approximate surface area is 434 Å². The number of rotatable bonds is 53. The van der Waals surface area contributed by atoms with Crippen molar-refractivity contribution in [1.82, 2.24) is 0 Å². The molecule has 4 unspecified atom stereocenters. The van der Waals surface area contributed by atoms with E-state index < -0.39 is 60.4 Å². The van der Waals surface area contributed by atoms with Crippen LogP contribution in [0.25, 0.3) is 0 Å². The first-order valence-electron chi connectivity index (χ1n) is 28.7. The largest absolute Gasteiger partial charge is 0.480 e. The molecule has 16 nitrogen and oxygen atoms in total. The molecule has 0 aromatic heterocycles. The summed E-state index contributed by atoms with van der Waals surface area (Å²) in [4.78, 5) is 70.8. The quantitative estimate of drug-likeness (QED) is 0.0188. The van der Waals surface area contributed by atoms with Gasteiger partial charge in [0, 0.05) is 25.7 Å². The number of nitrogens with two attached hydrogens (primary N) is 2. The van der Waals surface area contributed by atoms with Gasteiger partial charge in [-0.05, 0) is 77.0 Å². The molecule has 0 aliphatic rings. The van der Waals surface area contributed by atoms with Gasteiger partial charge in [-0.3, -0.25) is 28.8 Å². The third-order valence-electron chi connectivity index (χ3n) is 13.4. The molecule has 0 aliphatic carbocycles. The number of aliphatic carboxylic acids is 2. The van der Waals surface area contributed by atoms with Gasteiger partial charge in [-0.2, -0.15) is 0 Å². The molecule has 0 spiro atoms. The highest BCUT2D eigenvalue weighted by molar-refractivity contribution is 5.76. The Bertz CT molecular complexity index is 1370. The van der Waals surface area contributed by atoms with Gasteiger partial charge in [0.25, 0.3) is 0 Å². The minimum atomic E-state index is -1.15. The number of hydrogen-bond acceptors (Lipinski definition) is 14. The molecule has 0 fully saturated rings. The van der Waals surface area contributed by atoms with Crippen molar-refractivity contribution in [2.75, 3.05) is 13.2 Å². The van der Waals surface area contributed by atoms with Crippen LogP contribution in [0, 0.1) is 0 Å². The average molecular weight is 1030 g/mol. The molecule has 8 N–H and O–H groups in total. The van der Waals surface area contributed by atoms with E-state index in [1.807, 2.05) is 0 Å². The number of hydrogen-bond donors (Lipinski definition) is 6. The summed E-state index contributed by atoms with van der Waals surface area (Å²) in [7, 11) is 0. The van der Waals surface area contributed by atoms with E-state index in [4.69, 9.17) is 40.6 Å². The lowest BCUT2D eigenvalue weighted by atomic mass is 9.99. The van der Waals surface area contributed by atoms with Crippen molar-refractivity contribution in [1.29, 1.82) is 0 Å². The van der Waals surface area contributed by atoms with Crippen LogP contribution in [-0.2, 0) is 47.7 Å². The highest BCUT2D eigenvalue weighted by Gasteiger charge is 2.25. The molecule has 6 atom stereocenters. The molecule has 16 heteroatoms. The minimum Gasteiger partial charge on any atom is -0.480 e. The maximum atomic E-state index is 12.3. The summed E-state index contributed by atoms with van der Waals surface area (Å²) in [6, 6.07) is -2.22. The van der Waals surface area contributed by atoms with Crippen molar-refractivity contribution in [3.63, 3.8) is 0 Å².